The number of aromatic amines is 1. The molecule has 0 bridgehead atoms. The van der Waals surface area contributed by atoms with E-state index >= 15 is 0 Å². The SMILES string of the molecule is CCOC(=O)c1cc2cc(CC(=O)[C@@H]3[C@@H](c4ccc(OC)cc4)CCN3C(=O)OC(C)(C)C)ccc2[nH]1. The largest absolute Gasteiger partial charge is 0.497 e. The van der Waals surface area contributed by atoms with Gasteiger partial charge in [-0.3, -0.25) is 9.69 Å². The summed E-state index contributed by atoms with van der Waals surface area (Å²) in [6, 6.07) is 14.3. The molecular formula is C29H34N2O6. The molecule has 1 aliphatic rings. The summed E-state index contributed by atoms with van der Waals surface area (Å²) >= 11 is 0. The summed E-state index contributed by atoms with van der Waals surface area (Å²) in [4.78, 5) is 43.6. The number of ether oxygens (including phenoxy) is 3. The molecule has 1 aliphatic heterocycles. The van der Waals surface area contributed by atoms with Crippen LogP contribution in [0.25, 0.3) is 10.9 Å². The van der Waals surface area contributed by atoms with Crippen LogP contribution in [-0.2, 0) is 20.7 Å². The van der Waals surface area contributed by atoms with Crippen LogP contribution in [0.5, 0.6) is 5.75 Å². The van der Waals surface area contributed by atoms with Crippen molar-refractivity contribution < 1.29 is 28.6 Å². The molecule has 8 nitrogen and oxygen atoms in total. The number of methoxy groups -OCH3 is 1. The monoisotopic (exact) mass is 506 g/mol. The van der Waals surface area contributed by atoms with Gasteiger partial charge in [-0.15, -0.1) is 0 Å². The van der Waals surface area contributed by atoms with Gasteiger partial charge in [-0.25, -0.2) is 9.59 Å². The van der Waals surface area contributed by atoms with Crippen molar-refractivity contribution in [1.29, 1.82) is 0 Å². The first-order valence-corrected chi connectivity index (χ1v) is 12.5. The number of carbonyl (C=O) groups is 3. The number of Topliss-reactive ketones (excluding diaryl/α,β-unsaturated/α-hetero) is 1. The number of rotatable bonds is 7. The van der Waals surface area contributed by atoms with E-state index in [4.69, 9.17) is 14.2 Å². The van der Waals surface area contributed by atoms with Crippen molar-refractivity contribution in [3.63, 3.8) is 0 Å². The van der Waals surface area contributed by atoms with Gasteiger partial charge in [0, 0.05) is 29.8 Å². The minimum atomic E-state index is -0.668. The van der Waals surface area contributed by atoms with Crippen LogP contribution in [0.1, 0.15) is 61.6 Å². The van der Waals surface area contributed by atoms with Gasteiger partial charge in [0.1, 0.15) is 23.1 Å². The molecule has 37 heavy (non-hydrogen) atoms. The zero-order valence-corrected chi connectivity index (χ0v) is 22.0. The van der Waals surface area contributed by atoms with Gasteiger partial charge in [0.05, 0.1) is 13.7 Å². The lowest BCUT2D eigenvalue weighted by Gasteiger charge is -2.30. The first-order chi connectivity index (χ1) is 17.6. The number of likely N-dealkylation sites (tertiary alicyclic amines) is 1. The second-order valence-corrected chi connectivity index (χ2v) is 10.3. The Morgan fingerprint density at radius 3 is 2.43 bits per heavy atom. The quantitative estimate of drug-likeness (QED) is 0.439. The van der Waals surface area contributed by atoms with Crippen molar-refractivity contribution in [2.24, 2.45) is 0 Å². The molecule has 1 saturated heterocycles. The molecule has 0 aliphatic carbocycles. The number of benzene rings is 2. The highest BCUT2D eigenvalue weighted by molar-refractivity contribution is 5.96. The normalized spacial score (nSPS) is 17.6. The van der Waals surface area contributed by atoms with Crippen LogP contribution in [-0.4, -0.2) is 59.6 Å². The number of hydrogen-bond donors (Lipinski definition) is 1. The molecule has 1 fully saturated rings. The van der Waals surface area contributed by atoms with Crippen LogP contribution in [0.4, 0.5) is 4.79 Å². The summed E-state index contributed by atoms with van der Waals surface area (Å²) in [5.41, 5.74) is 2.26. The van der Waals surface area contributed by atoms with Crippen LogP contribution in [0.15, 0.2) is 48.5 Å². The van der Waals surface area contributed by atoms with E-state index in [1.807, 2.05) is 63.2 Å². The Morgan fingerprint density at radius 2 is 1.78 bits per heavy atom. The summed E-state index contributed by atoms with van der Waals surface area (Å²) < 4.78 is 16.0. The summed E-state index contributed by atoms with van der Waals surface area (Å²) in [5.74, 6) is 0.0928. The summed E-state index contributed by atoms with van der Waals surface area (Å²) in [7, 11) is 1.61. The maximum Gasteiger partial charge on any atom is 0.410 e. The first-order valence-electron chi connectivity index (χ1n) is 12.5. The molecule has 1 amide bonds. The van der Waals surface area contributed by atoms with E-state index in [1.54, 1.807) is 25.0 Å². The van der Waals surface area contributed by atoms with Crippen molar-refractivity contribution in [2.75, 3.05) is 20.3 Å². The second-order valence-electron chi connectivity index (χ2n) is 10.3. The molecule has 0 spiro atoms. The highest BCUT2D eigenvalue weighted by atomic mass is 16.6. The minimum absolute atomic E-state index is 0.0651. The van der Waals surface area contributed by atoms with Crippen molar-refractivity contribution in [2.45, 2.75) is 58.1 Å². The maximum atomic E-state index is 13.8. The number of nitrogens with zero attached hydrogens (tertiary/aromatic N) is 1. The van der Waals surface area contributed by atoms with Crippen LogP contribution < -0.4 is 4.74 Å². The van der Waals surface area contributed by atoms with Crippen molar-refractivity contribution in [3.05, 3.63) is 65.4 Å². The van der Waals surface area contributed by atoms with E-state index in [9.17, 15) is 14.4 Å². The van der Waals surface area contributed by atoms with Crippen molar-refractivity contribution in [1.82, 2.24) is 9.88 Å². The fourth-order valence-corrected chi connectivity index (χ4v) is 4.83. The van der Waals surface area contributed by atoms with E-state index in [1.165, 1.54) is 0 Å². The van der Waals surface area contributed by atoms with E-state index in [0.717, 1.165) is 27.8 Å². The molecule has 8 heteroatoms. The first kappa shape index (κ1) is 26.3. The Bertz CT molecular complexity index is 1290. The van der Waals surface area contributed by atoms with Gasteiger partial charge in [-0.2, -0.15) is 0 Å². The molecule has 2 aromatic carbocycles. The molecule has 1 N–H and O–H groups in total. The average Bonchev–Trinajstić information content (AvgIpc) is 3.48. The lowest BCUT2D eigenvalue weighted by Crippen LogP contribution is -2.45. The Morgan fingerprint density at radius 1 is 1.05 bits per heavy atom. The van der Waals surface area contributed by atoms with Crippen LogP contribution in [0, 0.1) is 0 Å². The van der Waals surface area contributed by atoms with Crippen LogP contribution in [0.2, 0.25) is 0 Å². The number of carbonyl (C=O) groups excluding carboxylic acids is 3. The van der Waals surface area contributed by atoms with E-state index in [2.05, 4.69) is 4.98 Å². The van der Waals surface area contributed by atoms with Crippen LogP contribution >= 0.6 is 0 Å². The molecule has 0 saturated carbocycles. The number of ketones is 1. The predicted octanol–water partition coefficient (Wildman–Crippen LogP) is 5.26. The van der Waals surface area contributed by atoms with Crippen molar-refractivity contribution in [3.8, 4) is 5.75 Å². The van der Waals surface area contributed by atoms with Gasteiger partial charge in [-0.05, 0) is 75.6 Å². The number of aromatic nitrogens is 1. The summed E-state index contributed by atoms with van der Waals surface area (Å²) in [5, 5.41) is 0.815. The Labute approximate surface area is 216 Å². The molecule has 0 radical (unpaired) electrons. The Kier molecular flexibility index (Phi) is 7.57. The van der Waals surface area contributed by atoms with Gasteiger partial charge in [0.2, 0.25) is 0 Å². The maximum absolute atomic E-state index is 13.8. The lowest BCUT2D eigenvalue weighted by molar-refractivity contribution is -0.123. The van der Waals surface area contributed by atoms with Crippen LogP contribution in [0.3, 0.4) is 0 Å². The average molecular weight is 507 g/mol. The lowest BCUT2D eigenvalue weighted by atomic mass is 9.87. The molecule has 2 atom stereocenters. The molecule has 2 heterocycles. The molecule has 4 rings (SSSR count). The van der Waals surface area contributed by atoms with Crippen molar-refractivity contribution >= 4 is 28.7 Å². The highest BCUT2D eigenvalue weighted by Crippen LogP contribution is 2.36. The standard InChI is InChI=1S/C29H34N2O6/c1-6-36-27(33)24-17-20-15-18(7-12-23(20)30-24)16-25(32)26-22(19-8-10-21(35-5)11-9-19)13-14-31(26)28(34)37-29(2,3)4/h7-12,15,17,22,26,30H,6,13-14,16H2,1-5H3/t22-,26+/m1/s1. The number of amides is 1. The molecule has 1 aromatic heterocycles. The Balaban J connectivity index is 1.61. The third-order valence-electron chi connectivity index (χ3n) is 6.46. The molecular weight excluding hydrogens is 472 g/mol. The van der Waals surface area contributed by atoms with Gasteiger partial charge >= 0.3 is 12.1 Å². The second kappa shape index (κ2) is 10.7. The minimum Gasteiger partial charge on any atom is -0.497 e. The third-order valence-corrected chi connectivity index (χ3v) is 6.46. The topological polar surface area (TPSA) is 97.9 Å². The highest BCUT2D eigenvalue weighted by Gasteiger charge is 2.43. The fraction of sp³-hybridized carbons (Fsp3) is 0.414. The fourth-order valence-electron chi connectivity index (χ4n) is 4.83. The summed E-state index contributed by atoms with van der Waals surface area (Å²) in [6.45, 7) is 7.92. The Hall–Kier alpha value is -3.81. The predicted molar refractivity (Wildman–Crippen MR) is 140 cm³/mol. The molecule has 0 unspecified atom stereocenters. The zero-order chi connectivity index (χ0) is 26.7. The van der Waals surface area contributed by atoms with Gasteiger partial charge in [0.15, 0.2) is 5.78 Å². The van der Waals surface area contributed by atoms with E-state index in [-0.39, 0.29) is 18.1 Å². The number of esters is 1. The zero-order valence-electron chi connectivity index (χ0n) is 22.0. The molecule has 3 aromatic rings. The summed E-state index contributed by atoms with van der Waals surface area (Å²) in [6.07, 6.45) is 0.316. The smallest absolute Gasteiger partial charge is 0.410 e. The van der Waals surface area contributed by atoms with E-state index < -0.39 is 23.7 Å². The molecule has 196 valence electrons. The number of hydrogen-bond acceptors (Lipinski definition) is 6. The van der Waals surface area contributed by atoms with Gasteiger partial charge in [0.25, 0.3) is 0 Å². The third kappa shape index (κ3) is 5.96. The number of H-pyrrole nitrogens is 1. The number of fused-ring (bicyclic) bond motifs is 1. The van der Waals surface area contributed by atoms with Gasteiger partial charge < -0.3 is 19.2 Å². The van der Waals surface area contributed by atoms with Gasteiger partial charge in [-0.1, -0.05) is 18.2 Å². The number of nitrogens with one attached hydrogen (secondary N) is 1. The van der Waals surface area contributed by atoms with E-state index in [0.29, 0.717) is 25.3 Å².